The Morgan fingerprint density at radius 1 is 1.05 bits per heavy atom. The third-order valence-corrected chi connectivity index (χ3v) is 8.08. The Morgan fingerprint density at radius 2 is 1.82 bits per heavy atom. The van der Waals surface area contributed by atoms with Crippen molar-refractivity contribution in [2.24, 2.45) is 5.92 Å². The van der Waals surface area contributed by atoms with Crippen LogP contribution in [-0.4, -0.2) is 41.3 Å². The minimum atomic E-state index is -4.82. The molecule has 7 nitrogen and oxygen atoms in total. The van der Waals surface area contributed by atoms with Crippen LogP contribution in [0.3, 0.4) is 0 Å². The van der Waals surface area contributed by atoms with Crippen LogP contribution in [0.5, 0.6) is 5.75 Å². The minimum Gasteiger partial charge on any atom is -0.478 e. The number of hydrogen-bond donors (Lipinski definition) is 1. The molecule has 1 saturated heterocycles. The highest BCUT2D eigenvalue weighted by molar-refractivity contribution is 5.88. The van der Waals surface area contributed by atoms with Gasteiger partial charge in [0.05, 0.1) is 18.3 Å². The van der Waals surface area contributed by atoms with E-state index in [1.807, 2.05) is 12.1 Å². The summed E-state index contributed by atoms with van der Waals surface area (Å²) in [5.74, 6) is 0.0800. The van der Waals surface area contributed by atoms with E-state index < -0.39 is 12.3 Å². The first-order chi connectivity index (χ1) is 18.8. The molecule has 10 heteroatoms. The number of carboxylic acids is 1. The predicted octanol–water partition coefficient (Wildman–Crippen LogP) is 6.78. The topological polar surface area (TPSA) is 85.0 Å². The molecule has 2 aromatic carbocycles. The molecule has 0 spiro atoms. The second kappa shape index (κ2) is 10.2. The Balaban J connectivity index is 1.20. The Kier molecular flexibility index (Phi) is 6.74. The number of halogens is 3. The molecule has 2 aliphatic carbocycles. The fourth-order valence-corrected chi connectivity index (χ4v) is 5.83. The third kappa shape index (κ3) is 5.48. The van der Waals surface area contributed by atoms with Gasteiger partial charge >= 0.3 is 12.3 Å². The molecular weight excluding hydrogens is 513 g/mol. The summed E-state index contributed by atoms with van der Waals surface area (Å²) in [6, 6.07) is 13.4. The Hall–Kier alpha value is -3.53. The van der Waals surface area contributed by atoms with Gasteiger partial charge in [0.15, 0.2) is 0 Å². The van der Waals surface area contributed by atoms with Crippen molar-refractivity contribution < 1.29 is 37.1 Å². The number of hydrogen-bond acceptors (Lipinski definition) is 6. The molecule has 0 bridgehead atoms. The summed E-state index contributed by atoms with van der Waals surface area (Å²) in [4.78, 5) is 13.6. The maximum absolute atomic E-state index is 13.1. The van der Waals surface area contributed by atoms with E-state index >= 15 is 0 Å². The minimum absolute atomic E-state index is 0.0300. The van der Waals surface area contributed by atoms with Gasteiger partial charge in [0, 0.05) is 35.3 Å². The van der Waals surface area contributed by atoms with Crippen LogP contribution >= 0.6 is 0 Å². The molecule has 3 atom stereocenters. The zero-order valence-corrected chi connectivity index (χ0v) is 21.2. The van der Waals surface area contributed by atoms with E-state index in [2.05, 4.69) is 14.8 Å². The fourth-order valence-electron chi connectivity index (χ4n) is 5.83. The summed E-state index contributed by atoms with van der Waals surface area (Å²) in [5.41, 5.74) is 2.50. The second-order valence-corrected chi connectivity index (χ2v) is 10.6. The number of alkyl halides is 3. The van der Waals surface area contributed by atoms with Crippen LogP contribution < -0.4 is 9.64 Å². The molecule has 1 aromatic heterocycles. The maximum Gasteiger partial charge on any atom is 0.573 e. The van der Waals surface area contributed by atoms with Gasteiger partial charge in [-0.1, -0.05) is 17.3 Å². The molecular formula is C29H29F3N2O5. The van der Waals surface area contributed by atoms with Crippen LogP contribution in [0.2, 0.25) is 0 Å². The standard InChI is InChI=1S/C29H29F3N2O5/c30-29(31,32)38-25-4-2-1-3-22(25)26-23(27(39-33-26)17-5-6-17)16-37-21-13-14-34(24-12-9-19(24)15-21)20-10-7-18(8-11-20)28(35)36/h1-4,7-8,10-11,17,19,21,24H,5-6,9,12-16H2,(H,35,36). The number of para-hydroxylation sites is 1. The van der Waals surface area contributed by atoms with E-state index in [1.165, 1.54) is 12.1 Å². The van der Waals surface area contributed by atoms with Crippen molar-refractivity contribution in [3.8, 4) is 17.0 Å². The quantitative estimate of drug-likeness (QED) is 0.336. The smallest absolute Gasteiger partial charge is 0.478 e. The Bertz CT molecular complexity index is 1340. The van der Waals surface area contributed by atoms with E-state index in [0.717, 1.165) is 50.8 Å². The number of anilines is 1. The molecule has 206 valence electrons. The predicted molar refractivity (Wildman–Crippen MR) is 136 cm³/mol. The number of rotatable bonds is 8. The molecule has 0 radical (unpaired) electrons. The molecule has 3 aliphatic rings. The molecule has 3 unspecified atom stereocenters. The first-order valence-corrected chi connectivity index (χ1v) is 13.3. The summed E-state index contributed by atoms with van der Waals surface area (Å²) in [5, 5.41) is 13.4. The number of aromatic carboxylic acids is 1. The van der Waals surface area contributed by atoms with E-state index in [9.17, 15) is 23.1 Å². The first-order valence-electron chi connectivity index (χ1n) is 13.3. The van der Waals surface area contributed by atoms with Gasteiger partial charge in [-0.3, -0.25) is 0 Å². The molecule has 0 amide bonds. The Morgan fingerprint density at radius 3 is 2.49 bits per heavy atom. The normalized spacial score (nSPS) is 23.1. The molecule has 1 aliphatic heterocycles. The van der Waals surface area contributed by atoms with Crippen LogP contribution in [0, 0.1) is 5.92 Å². The van der Waals surface area contributed by atoms with Crippen molar-refractivity contribution >= 4 is 11.7 Å². The lowest BCUT2D eigenvalue weighted by Crippen LogP contribution is -2.46. The Labute approximate surface area is 223 Å². The summed E-state index contributed by atoms with van der Waals surface area (Å²) >= 11 is 0. The van der Waals surface area contributed by atoms with Gasteiger partial charge in [-0.15, -0.1) is 13.2 Å². The van der Waals surface area contributed by atoms with E-state index in [0.29, 0.717) is 29.0 Å². The largest absolute Gasteiger partial charge is 0.573 e. The summed E-state index contributed by atoms with van der Waals surface area (Å²) in [7, 11) is 0. The number of carboxylic acid groups (broad SMARTS) is 1. The summed E-state index contributed by atoms with van der Waals surface area (Å²) in [6.07, 6.45) is 0.892. The summed E-state index contributed by atoms with van der Waals surface area (Å²) in [6.45, 7) is 0.965. The molecule has 2 heterocycles. The molecule has 1 N–H and O–H groups in total. The number of aromatic nitrogens is 1. The van der Waals surface area contributed by atoms with Gasteiger partial charge in [0.1, 0.15) is 17.2 Å². The lowest BCUT2D eigenvalue weighted by molar-refractivity contribution is -0.274. The molecule has 3 aromatic rings. The van der Waals surface area contributed by atoms with E-state index in [1.54, 1.807) is 24.3 Å². The maximum atomic E-state index is 13.1. The van der Waals surface area contributed by atoms with Gasteiger partial charge in [-0.2, -0.15) is 0 Å². The van der Waals surface area contributed by atoms with Gasteiger partial charge < -0.3 is 24.0 Å². The van der Waals surface area contributed by atoms with Crippen LogP contribution in [0.4, 0.5) is 18.9 Å². The molecule has 3 fully saturated rings. The van der Waals surface area contributed by atoms with Gasteiger partial charge in [-0.05, 0) is 80.8 Å². The molecule has 6 rings (SSSR count). The highest BCUT2D eigenvalue weighted by atomic mass is 19.4. The van der Waals surface area contributed by atoms with E-state index in [4.69, 9.17) is 9.26 Å². The number of benzene rings is 2. The SMILES string of the molecule is O=C(O)c1ccc(N2CCC(OCc3c(-c4ccccc4OC(F)(F)F)noc3C3CC3)CC3CCC32)cc1. The second-order valence-electron chi connectivity index (χ2n) is 10.6. The van der Waals surface area contributed by atoms with Crippen LogP contribution in [-0.2, 0) is 11.3 Å². The zero-order valence-electron chi connectivity index (χ0n) is 21.2. The molecule has 39 heavy (non-hydrogen) atoms. The van der Waals surface area contributed by atoms with Crippen molar-refractivity contribution in [2.75, 3.05) is 11.4 Å². The van der Waals surface area contributed by atoms with Crippen molar-refractivity contribution in [1.82, 2.24) is 5.16 Å². The third-order valence-electron chi connectivity index (χ3n) is 8.08. The van der Waals surface area contributed by atoms with E-state index in [-0.39, 0.29) is 35.5 Å². The number of ether oxygens (including phenoxy) is 2. The zero-order chi connectivity index (χ0) is 27.1. The van der Waals surface area contributed by atoms with Gasteiger partial charge in [0.2, 0.25) is 0 Å². The lowest BCUT2D eigenvalue weighted by atomic mass is 9.76. The van der Waals surface area contributed by atoms with Gasteiger partial charge in [-0.25, -0.2) is 4.79 Å². The molecule has 2 saturated carbocycles. The fraction of sp³-hybridized carbons (Fsp3) is 0.448. The monoisotopic (exact) mass is 542 g/mol. The van der Waals surface area contributed by atoms with Crippen molar-refractivity contribution in [3.05, 3.63) is 65.4 Å². The van der Waals surface area contributed by atoms with Crippen LogP contribution in [0.1, 0.15) is 66.1 Å². The number of nitrogens with zero attached hydrogens (tertiary/aromatic N) is 2. The highest BCUT2D eigenvalue weighted by Crippen LogP contribution is 2.46. The van der Waals surface area contributed by atoms with Crippen LogP contribution in [0.25, 0.3) is 11.3 Å². The van der Waals surface area contributed by atoms with Crippen molar-refractivity contribution in [3.63, 3.8) is 0 Å². The average Bonchev–Trinajstić information content (AvgIpc) is 3.66. The van der Waals surface area contributed by atoms with Crippen molar-refractivity contribution in [2.45, 2.75) is 69.6 Å². The number of fused-ring (bicyclic) bond motifs is 1. The summed E-state index contributed by atoms with van der Waals surface area (Å²) < 4.78 is 55.6. The van der Waals surface area contributed by atoms with Crippen molar-refractivity contribution in [1.29, 1.82) is 0 Å². The van der Waals surface area contributed by atoms with Crippen LogP contribution in [0.15, 0.2) is 53.1 Å². The first kappa shape index (κ1) is 25.7. The van der Waals surface area contributed by atoms with Gasteiger partial charge in [0.25, 0.3) is 0 Å². The number of carbonyl (C=O) groups is 1. The average molecular weight is 543 g/mol. The lowest BCUT2D eigenvalue weighted by Gasteiger charge is -2.44. The highest BCUT2D eigenvalue weighted by Gasteiger charge is 2.41.